The monoisotopic (exact) mass is 296 g/mol. The number of nitrogens with zero attached hydrogens (tertiary/aromatic N) is 1. The van der Waals surface area contributed by atoms with Crippen molar-refractivity contribution in [2.45, 2.75) is 30.8 Å². The summed E-state index contributed by atoms with van der Waals surface area (Å²) < 4.78 is 27.0. The van der Waals surface area contributed by atoms with Crippen molar-refractivity contribution in [2.75, 3.05) is 18.8 Å². The molecule has 1 aliphatic carbocycles. The van der Waals surface area contributed by atoms with Gasteiger partial charge in [0, 0.05) is 24.7 Å². The Morgan fingerprint density at radius 3 is 2.75 bits per heavy atom. The smallest absolute Gasteiger partial charge is 0.243 e. The summed E-state index contributed by atoms with van der Waals surface area (Å²) in [5, 5.41) is 9.91. The van der Waals surface area contributed by atoms with Crippen molar-refractivity contribution in [3.8, 4) is 0 Å². The van der Waals surface area contributed by atoms with Crippen molar-refractivity contribution < 1.29 is 13.5 Å². The molecule has 0 amide bonds. The number of rotatable bonds is 2. The van der Waals surface area contributed by atoms with E-state index in [1.807, 2.05) is 0 Å². The zero-order valence-electron chi connectivity index (χ0n) is 11.5. The van der Waals surface area contributed by atoms with Gasteiger partial charge in [0.2, 0.25) is 10.0 Å². The molecule has 3 rings (SSSR count). The van der Waals surface area contributed by atoms with Gasteiger partial charge in [0.1, 0.15) is 0 Å². The van der Waals surface area contributed by atoms with E-state index >= 15 is 0 Å². The normalized spacial score (nSPS) is 30.6. The molecule has 2 fully saturated rings. The van der Waals surface area contributed by atoms with Gasteiger partial charge in [0.15, 0.2) is 0 Å². The number of anilines is 1. The zero-order chi connectivity index (χ0) is 14.5. The standard InChI is InChI=1S/C14H20N2O3S/c1-9-12(15)3-2-4-14(9)20(18,19)16-7-10-5-6-13(17)11(10)8-16/h2-4,10-11,13,17H,5-8,15H2,1H3. The van der Waals surface area contributed by atoms with Crippen LogP contribution in [0.1, 0.15) is 18.4 Å². The van der Waals surface area contributed by atoms with Crippen molar-refractivity contribution in [3.63, 3.8) is 0 Å². The lowest BCUT2D eigenvalue weighted by Crippen LogP contribution is -2.31. The van der Waals surface area contributed by atoms with Crippen molar-refractivity contribution in [3.05, 3.63) is 23.8 Å². The molecule has 1 aromatic rings. The molecule has 1 saturated carbocycles. The Morgan fingerprint density at radius 2 is 2.05 bits per heavy atom. The van der Waals surface area contributed by atoms with Crippen LogP contribution in [0.5, 0.6) is 0 Å². The average molecular weight is 296 g/mol. The Hall–Kier alpha value is -1.11. The highest BCUT2D eigenvalue weighted by atomic mass is 32.2. The average Bonchev–Trinajstić information content (AvgIpc) is 2.96. The van der Waals surface area contributed by atoms with Crippen molar-refractivity contribution in [1.82, 2.24) is 4.31 Å². The Labute approximate surface area is 119 Å². The minimum Gasteiger partial charge on any atom is -0.398 e. The second kappa shape index (κ2) is 4.72. The Kier molecular flexibility index (Phi) is 3.27. The molecule has 0 bridgehead atoms. The highest BCUT2D eigenvalue weighted by molar-refractivity contribution is 7.89. The van der Waals surface area contributed by atoms with Crippen LogP contribution in [0.15, 0.2) is 23.1 Å². The van der Waals surface area contributed by atoms with E-state index in [-0.39, 0.29) is 16.9 Å². The van der Waals surface area contributed by atoms with Gasteiger partial charge in [0.25, 0.3) is 0 Å². The van der Waals surface area contributed by atoms with Crippen LogP contribution in [-0.2, 0) is 10.0 Å². The molecule has 0 radical (unpaired) electrons. The second-order valence-corrected chi connectivity index (χ2v) is 7.77. The van der Waals surface area contributed by atoms with E-state index in [0.29, 0.717) is 30.3 Å². The molecule has 20 heavy (non-hydrogen) atoms. The predicted molar refractivity (Wildman–Crippen MR) is 76.6 cm³/mol. The predicted octanol–water partition coefficient (Wildman–Crippen LogP) is 0.969. The third-order valence-corrected chi connectivity index (χ3v) is 6.71. The summed E-state index contributed by atoms with van der Waals surface area (Å²) in [5.74, 6) is 0.382. The maximum Gasteiger partial charge on any atom is 0.243 e. The molecule has 110 valence electrons. The van der Waals surface area contributed by atoms with Crippen LogP contribution in [0.3, 0.4) is 0 Å². The van der Waals surface area contributed by atoms with Crippen molar-refractivity contribution in [1.29, 1.82) is 0 Å². The van der Waals surface area contributed by atoms with Gasteiger partial charge in [-0.05, 0) is 43.4 Å². The summed E-state index contributed by atoms with van der Waals surface area (Å²) in [4.78, 5) is 0.284. The van der Waals surface area contributed by atoms with Crippen LogP contribution in [0.2, 0.25) is 0 Å². The number of sulfonamides is 1. The number of benzene rings is 1. The molecule has 1 aromatic carbocycles. The lowest BCUT2D eigenvalue weighted by molar-refractivity contribution is 0.129. The summed E-state index contributed by atoms with van der Waals surface area (Å²) in [6.07, 6.45) is 1.34. The topological polar surface area (TPSA) is 83.6 Å². The minimum absolute atomic E-state index is 0.0890. The first-order valence-corrected chi connectivity index (χ1v) is 8.38. The van der Waals surface area contributed by atoms with E-state index in [1.54, 1.807) is 25.1 Å². The number of aliphatic hydroxyl groups is 1. The van der Waals surface area contributed by atoms with Crippen LogP contribution in [0, 0.1) is 18.8 Å². The molecule has 6 heteroatoms. The minimum atomic E-state index is -3.52. The molecule has 1 saturated heterocycles. The molecule has 1 aliphatic heterocycles. The fraction of sp³-hybridized carbons (Fsp3) is 0.571. The van der Waals surface area contributed by atoms with Gasteiger partial charge in [-0.25, -0.2) is 8.42 Å². The summed E-state index contributed by atoms with van der Waals surface area (Å²) in [6, 6.07) is 4.98. The first-order valence-electron chi connectivity index (χ1n) is 6.94. The van der Waals surface area contributed by atoms with Gasteiger partial charge in [-0.15, -0.1) is 0 Å². The first kappa shape index (κ1) is 13.9. The van der Waals surface area contributed by atoms with Crippen LogP contribution in [0.4, 0.5) is 5.69 Å². The van der Waals surface area contributed by atoms with Gasteiger partial charge < -0.3 is 10.8 Å². The van der Waals surface area contributed by atoms with Gasteiger partial charge in [-0.3, -0.25) is 0 Å². The summed E-state index contributed by atoms with van der Waals surface area (Å²) >= 11 is 0. The van der Waals surface area contributed by atoms with Gasteiger partial charge in [-0.2, -0.15) is 4.31 Å². The van der Waals surface area contributed by atoms with Gasteiger partial charge in [0.05, 0.1) is 11.0 Å². The van der Waals surface area contributed by atoms with Gasteiger partial charge >= 0.3 is 0 Å². The molecule has 3 atom stereocenters. The molecule has 3 unspecified atom stereocenters. The van der Waals surface area contributed by atoms with Gasteiger partial charge in [-0.1, -0.05) is 6.07 Å². The molecule has 0 aromatic heterocycles. The largest absolute Gasteiger partial charge is 0.398 e. The van der Waals surface area contributed by atoms with Crippen LogP contribution in [-0.4, -0.2) is 37.0 Å². The molecule has 0 spiro atoms. The zero-order valence-corrected chi connectivity index (χ0v) is 12.3. The molecule has 5 nitrogen and oxygen atoms in total. The Bertz CT molecular complexity index is 629. The van der Waals surface area contributed by atoms with Crippen molar-refractivity contribution in [2.24, 2.45) is 11.8 Å². The molecule has 2 aliphatic rings. The maximum atomic E-state index is 12.7. The Morgan fingerprint density at radius 1 is 1.30 bits per heavy atom. The third kappa shape index (κ3) is 2.03. The van der Waals surface area contributed by atoms with E-state index < -0.39 is 10.0 Å². The van der Waals surface area contributed by atoms with E-state index in [9.17, 15) is 13.5 Å². The van der Waals surface area contributed by atoms with Crippen LogP contribution < -0.4 is 5.73 Å². The fourth-order valence-electron chi connectivity index (χ4n) is 3.44. The first-order chi connectivity index (χ1) is 9.41. The third-order valence-electron chi connectivity index (χ3n) is 4.73. The molecular weight excluding hydrogens is 276 g/mol. The summed E-state index contributed by atoms with van der Waals surface area (Å²) in [5.41, 5.74) is 6.90. The molecular formula is C14H20N2O3S. The number of nitrogen functional groups attached to an aromatic ring is 1. The number of aliphatic hydroxyl groups excluding tert-OH is 1. The van der Waals surface area contributed by atoms with Crippen molar-refractivity contribution >= 4 is 15.7 Å². The molecule has 1 heterocycles. The van der Waals surface area contributed by atoms with E-state index in [0.717, 1.165) is 12.8 Å². The highest BCUT2D eigenvalue weighted by Crippen LogP contribution is 2.40. The highest BCUT2D eigenvalue weighted by Gasteiger charge is 2.45. The van der Waals surface area contributed by atoms with E-state index in [2.05, 4.69) is 0 Å². The summed E-state index contributed by atoms with van der Waals surface area (Å²) in [6.45, 7) is 2.66. The second-order valence-electron chi connectivity index (χ2n) is 5.86. The number of fused-ring (bicyclic) bond motifs is 1. The Balaban J connectivity index is 1.92. The maximum absolute atomic E-state index is 12.7. The number of nitrogens with two attached hydrogens (primary N) is 1. The number of hydrogen-bond acceptors (Lipinski definition) is 4. The number of hydrogen-bond donors (Lipinski definition) is 2. The lowest BCUT2D eigenvalue weighted by atomic mass is 10.00. The van der Waals surface area contributed by atoms with E-state index in [1.165, 1.54) is 4.31 Å². The van der Waals surface area contributed by atoms with Crippen LogP contribution >= 0.6 is 0 Å². The SMILES string of the molecule is Cc1c(N)cccc1S(=O)(=O)N1CC2CCC(O)C2C1. The van der Waals surface area contributed by atoms with Crippen LogP contribution in [0.25, 0.3) is 0 Å². The van der Waals surface area contributed by atoms with E-state index in [4.69, 9.17) is 5.73 Å². The fourth-order valence-corrected chi connectivity index (χ4v) is 5.23. The molecule has 3 N–H and O–H groups in total. The summed E-state index contributed by atoms with van der Waals surface area (Å²) in [7, 11) is -3.52. The lowest BCUT2D eigenvalue weighted by Gasteiger charge is -2.20. The quantitative estimate of drug-likeness (QED) is 0.797.